The molecule has 0 spiro atoms. The fraction of sp³-hybridized carbons (Fsp3) is 0.0741. The Morgan fingerprint density at radius 2 is 1.61 bits per heavy atom. The standard InChI is InChI=1S/C27H22N2O4/c1-18-11-13-21(14-12-18)27(32)33-24-16-15-19-7-5-6-10-22(19)23(24)17-28-29-26(31)25(30)20-8-3-2-4-9-20/h2-17,25,30H,1H3,(H,29,31)/b28-17+. The molecule has 6 heteroatoms. The number of hydrogen-bond acceptors (Lipinski definition) is 5. The highest BCUT2D eigenvalue weighted by Crippen LogP contribution is 2.27. The van der Waals surface area contributed by atoms with Gasteiger partial charge in [0.2, 0.25) is 0 Å². The van der Waals surface area contributed by atoms with Crippen LogP contribution in [0.4, 0.5) is 0 Å². The van der Waals surface area contributed by atoms with E-state index >= 15 is 0 Å². The summed E-state index contributed by atoms with van der Waals surface area (Å²) in [6, 6.07) is 26.8. The molecule has 4 rings (SSSR count). The number of nitrogens with zero attached hydrogens (tertiary/aromatic N) is 1. The Morgan fingerprint density at radius 1 is 0.909 bits per heavy atom. The van der Waals surface area contributed by atoms with Crippen molar-refractivity contribution in [3.63, 3.8) is 0 Å². The normalized spacial score (nSPS) is 11.9. The molecule has 6 nitrogen and oxygen atoms in total. The molecular formula is C27H22N2O4. The molecule has 1 atom stereocenters. The molecule has 0 aromatic heterocycles. The largest absolute Gasteiger partial charge is 0.422 e. The first-order valence-corrected chi connectivity index (χ1v) is 10.4. The zero-order valence-electron chi connectivity index (χ0n) is 17.9. The third-order valence-corrected chi connectivity index (χ3v) is 5.15. The lowest BCUT2D eigenvalue weighted by molar-refractivity contribution is -0.129. The van der Waals surface area contributed by atoms with Gasteiger partial charge in [-0.1, -0.05) is 78.4 Å². The molecule has 33 heavy (non-hydrogen) atoms. The number of rotatable bonds is 6. The number of nitrogens with one attached hydrogen (secondary N) is 1. The summed E-state index contributed by atoms with van der Waals surface area (Å²) < 4.78 is 5.66. The van der Waals surface area contributed by atoms with Crippen molar-refractivity contribution in [3.05, 3.63) is 113 Å². The maximum atomic E-state index is 12.7. The van der Waals surface area contributed by atoms with Crippen LogP contribution in [0.2, 0.25) is 0 Å². The Kier molecular flexibility index (Phi) is 6.57. The van der Waals surface area contributed by atoms with E-state index < -0.39 is 18.0 Å². The van der Waals surface area contributed by atoms with Gasteiger partial charge in [-0.3, -0.25) is 4.79 Å². The molecule has 1 unspecified atom stereocenters. The summed E-state index contributed by atoms with van der Waals surface area (Å²) in [6.07, 6.45) is 0.0603. The zero-order valence-corrected chi connectivity index (χ0v) is 17.9. The average Bonchev–Trinajstić information content (AvgIpc) is 2.85. The van der Waals surface area contributed by atoms with Gasteiger partial charge in [0.05, 0.1) is 11.8 Å². The average molecular weight is 438 g/mol. The van der Waals surface area contributed by atoms with Crippen LogP contribution >= 0.6 is 0 Å². The van der Waals surface area contributed by atoms with Gasteiger partial charge in [-0.15, -0.1) is 0 Å². The quantitative estimate of drug-likeness (QED) is 0.200. The van der Waals surface area contributed by atoms with E-state index in [-0.39, 0.29) is 0 Å². The van der Waals surface area contributed by atoms with E-state index in [0.29, 0.717) is 22.4 Å². The third kappa shape index (κ3) is 5.14. The second-order valence-corrected chi connectivity index (χ2v) is 7.50. The fourth-order valence-corrected chi connectivity index (χ4v) is 3.35. The monoisotopic (exact) mass is 438 g/mol. The number of fused-ring (bicyclic) bond motifs is 1. The van der Waals surface area contributed by atoms with Crippen molar-refractivity contribution in [3.8, 4) is 5.75 Å². The van der Waals surface area contributed by atoms with Gasteiger partial charge < -0.3 is 9.84 Å². The summed E-state index contributed by atoms with van der Waals surface area (Å²) >= 11 is 0. The molecule has 0 bridgehead atoms. The molecule has 2 N–H and O–H groups in total. The fourth-order valence-electron chi connectivity index (χ4n) is 3.35. The number of esters is 1. The molecule has 0 saturated carbocycles. The molecule has 4 aromatic rings. The number of hydrogen-bond donors (Lipinski definition) is 2. The molecule has 0 aliphatic carbocycles. The predicted molar refractivity (Wildman–Crippen MR) is 127 cm³/mol. The van der Waals surface area contributed by atoms with E-state index in [1.54, 1.807) is 48.5 Å². The molecule has 164 valence electrons. The lowest BCUT2D eigenvalue weighted by atomic mass is 10.0. The Balaban J connectivity index is 1.59. The summed E-state index contributed by atoms with van der Waals surface area (Å²) in [7, 11) is 0. The van der Waals surface area contributed by atoms with Crippen molar-refractivity contribution in [2.24, 2.45) is 5.10 Å². The van der Waals surface area contributed by atoms with E-state index in [1.807, 2.05) is 49.4 Å². The van der Waals surface area contributed by atoms with Crippen LogP contribution in [0.3, 0.4) is 0 Å². The van der Waals surface area contributed by atoms with Crippen LogP contribution in [0.5, 0.6) is 5.75 Å². The first kappa shape index (κ1) is 21.9. The van der Waals surface area contributed by atoms with E-state index in [2.05, 4.69) is 10.5 Å². The Labute approximate surface area is 191 Å². The third-order valence-electron chi connectivity index (χ3n) is 5.15. The molecule has 0 heterocycles. The topological polar surface area (TPSA) is 88.0 Å². The first-order chi connectivity index (χ1) is 16.0. The van der Waals surface area contributed by atoms with Crippen molar-refractivity contribution < 1.29 is 19.4 Å². The van der Waals surface area contributed by atoms with Gasteiger partial charge in [-0.25, -0.2) is 10.2 Å². The highest BCUT2D eigenvalue weighted by atomic mass is 16.5. The Morgan fingerprint density at radius 3 is 2.36 bits per heavy atom. The number of ether oxygens (including phenoxy) is 1. The van der Waals surface area contributed by atoms with E-state index in [1.165, 1.54) is 6.21 Å². The lowest BCUT2D eigenvalue weighted by Crippen LogP contribution is -2.25. The van der Waals surface area contributed by atoms with Crippen molar-refractivity contribution >= 4 is 28.9 Å². The minimum Gasteiger partial charge on any atom is -0.422 e. The van der Waals surface area contributed by atoms with Crippen LogP contribution in [-0.2, 0) is 4.79 Å². The van der Waals surface area contributed by atoms with Crippen molar-refractivity contribution in [2.75, 3.05) is 0 Å². The van der Waals surface area contributed by atoms with E-state index in [4.69, 9.17) is 4.74 Å². The van der Waals surface area contributed by atoms with Gasteiger partial charge in [0, 0.05) is 5.56 Å². The highest BCUT2D eigenvalue weighted by molar-refractivity contribution is 6.04. The van der Waals surface area contributed by atoms with Crippen LogP contribution < -0.4 is 10.2 Å². The number of carbonyl (C=O) groups excluding carboxylic acids is 2. The second kappa shape index (κ2) is 9.89. The van der Waals surface area contributed by atoms with Gasteiger partial charge in [-0.05, 0) is 41.5 Å². The Bertz CT molecular complexity index is 1320. The maximum absolute atomic E-state index is 12.7. The summed E-state index contributed by atoms with van der Waals surface area (Å²) in [5.41, 5.74) is 4.81. The second-order valence-electron chi connectivity index (χ2n) is 7.50. The van der Waals surface area contributed by atoms with Gasteiger partial charge >= 0.3 is 5.97 Å². The molecule has 0 fully saturated rings. The van der Waals surface area contributed by atoms with Crippen LogP contribution in [0.15, 0.2) is 96.1 Å². The van der Waals surface area contributed by atoms with Gasteiger partial charge in [0.25, 0.3) is 5.91 Å². The van der Waals surface area contributed by atoms with Crippen LogP contribution in [0.1, 0.15) is 33.2 Å². The van der Waals surface area contributed by atoms with Crippen molar-refractivity contribution in [2.45, 2.75) is 13.0 Å². The zero-order chi connectivity index (χ0) is 23.2. The summed E-state index contributed by atoms with van der Waals surface area (Å²) in [4.78, 5) is 25.0. The minimum atomic E-state index is -1.35. The number of carbonyl (C=O) groups is 2. The van der Waals surface area contributed by atoms with Gasteiger partial charge in [0.1, 0.15) is 5.75 Å². The number of aryl methyl sites for hydroxylation is 1. The molecule has 0 aliphatic rings. The number of amides is 1. The summed E-state index contributed by atoms with van der Waals surface area (Å²) in [6.45, 7) is 1.94. The van der Waals surface area contributed by atoms with Crippen LogP contribution in [0.25, 0.3) is 10.8 Å². The number of benzene rings is 4. The van der Waals surface area contributed by atoms with Crippen LogP contribution in [-0.4, -0.2) is 23.2 Å². The molecule has 0 aliphatic heterocycles. The molecule has 0 saturated heterocycles. The summed E-state index contributed by atoms with van der Waals surface area (Å²) in [5, 5.41) is 16.0. The SMILES string of the molecule is Cc1ccc(C(=O)Oc2ccc3ccccc3c2/C=N/NC(=O)C(O)c2ccccc2)cc1. The number of hydrazone groups is 1. The van der Waals surface area contributed by atoms with E-state index in [0.717, 1.165) is 16.3 Å². The minimum absolute atomic E-state index is 0.306. The summed E-state index contributed by atoms with van der Waals surface area (Å²) in [5.74, 6) is -0.861. The van der Waals surface area contributed by atoms with Gasteiger partial charge in [-0.2, -0.15) is 5.10 Å². The molecule has 1 amide bonds. The van der Waals surface area contributed by atoms with Gasteiger partial charge in [0.15, 0.2) is 6.10 Å². The molecule has 4 aromatic carbocycles. The maximum Gasteiger partial charge on any atom is 0.343 e. The lowest BCUT2D eigenvalue weighted by Gasteiger charge is -2.11. The first-order valence-electron chi connectivity index (χ1n) is 10.4. The Hall–Kier alpha value is -4.29. The van der Waals surface area contributed by atoms with Crippen molar-refractivity contribution in [1.29, 1.82) is 0 Å². The van der Waals surface area contributed by atoms with Crippen LogP contribution in [0, 0.1) is 6.92 Å². The molecular weight excluding hydrogens is 416 g/mol. The number of aliphatic hydroxyl groups excluding tert-OH is 1. The molecule has 0 radical (unpaired) electrons. The number of aliphatic hydroxyl groups is 1. The predicted octanol–water partition coefficient (Wildman–Crippen LogP) is 4.55. The smallest absolute Gasteiger partial charge is 0.343 e. The highest BCUT2D eigenvalue weighted by Gasteiger charge is 2.17. The van der Waals surface area contributed by atoms with E-state index in [9.17, 15) is 14.7 Å². The van der Waals surface area contributed by atoms with Crippen molar-refractivity contribution in [1.82, 2.24) is 5.43 Å².